The van der Waals surface area contributed by atoms with Gasteiger partial charge < -0.3 is 10.5 Å². The van der Waals surface area contributed by atoms with Crippen molar-refractivity contribution in [2.24, 2.45) is 0 Å². The summed E-state index contributed by atoms with van der Waals surface area (Å²) >= 11 is 0. The molecule has 2 unspecified atom stereocenters. The Morgan fingerprint density at radius 1 is 0.938 bits per heavy atom. The summed E-state index contributed by atoms with van der Waals surface area (Å²) in [5.41, 5.74) is 10.1. The summed E-state index contributed by atoms with van der Waals surface area (Å²) < 4.78 is 6.64. The maximum absolute atomic E-state index is 6.64. The topological polar surface area (TPSA) is 67.5 Å². The highest BCUT2D eigenvalue weighted by Gasteiger charge is 2.29. The van der Waals surface area contributed by atoms with Crippen LogP contribution >= 0.6 is 0 Å². The monoisotopic (exact) mass is 435 g/mol. The molecule has 6 heteroatoms. The van der Waals surface area contributed by atoms with E-state index in [0.717, 1.165) is 45.4 Å². The van der Waals surface area contributed by atoms with E-state index in [2.05, 4.69) is 38.1 Å². The van der Waals surface area contributed by atoms with E-state index >= 15 is 0 Å². The average Bonchev–Trinajstić information content (AvgIpc) is 3.05. The van der Waals surface area contributed by atoms with Crippen LogP contribution in [-0.4, -0.2) is 58.2 Å². The summed E-state index contributed by atoms with van der Waals surface area (Å²) in [5, 5.41) is 0. The second-order valence-electron chi connectivity index (χ2n) is 9.77. The Morgan fingerprint density at radius 2 is 1.78 bits per heavy atom. The molecule has 6 nitrogen and oxygen atoms in total. The zero-order valence-electron chi connectivity index (χ0n) is 19.2. The molecule has 2 N–H and O–H groups in total. The number of likely N-dealkylation sites (tertiary alicyclic amines) is 2. The minimum atomic E-state index is 0.409. The number of anilines is 1. The van der Waals surface area contributed by atoms with Crippen LogP contribution in [0.2, 0.25) is 0 Å². The fourth-order valence-electron chi connectivity index (χ4n) is 5.85. The van der Waals surface area contributed by atoms with Crippen LogP contribution in [0.4, 0.5) is 5.82 Å². The molecule has 0 aromatic carbocycles. The van der Waals surface area contributed by atoms with Gasteiger partial charge in [-0.05, 0) is 92.8 Å². The molecule has 0 amide bonds. The number of nitrogens with zero attached hydrogens (tertiary/aromatic N) is 4. The van der Waals surface area contributed by atoms with Crippen molar-refractivity contribution in [3.8, 4) is 0 Å². The molecule has 0 radical (unpaired) electrons. The van der Waals surface area contributed by atoms with Gasteiger partial charge >= 0.3 is 0 Å². The minimum absolute atomic E-state index is 0.409. The van der Waals surface area contributed by atoms with Crippen LogP contribution in [0.1, 0.15) is 67.7 Å². The molecule has 4 heterocycles. The maximum Gasteiger partial charge on any atom is 0.123 e. The summed E-state index contributed by atoms with van der Waals surface area (Å²) in [7, 11) is 0. The van der Waals surface area contributed by atoms with Gasteiger partial charge in [-0.2, -0.15) is 0 Å². The summed E-state index contributed by atoms with van der Waals surface area (Å²) in [6.07, 6.45) is 16.3. The summed E-state index contributed by atoms with van der Waals surface area (Å²) in [4.78, 5) is 13.7. The van der Waals surface area contributed by atoms with Crippen molar-refractivity contribution in [1.82, 2.24) is 19.8 Å². The Balaban J connectivity index is 1.09. The van der Waals surface area contributed by atoms with Gasteiger partial charge in [-0.15, -0.1) is 0 Å². The van der Waals surface area contributed by atoms with Crippen molar-refractivity contribution in [3.05, 3.63) is 53.5 Å². The Kier molecular flexibility index (Phi) is 7.00. The highest BCUT2D eigenvalue weighted by molar-refractivity contribution is 5.31. The lowest BCUT2D eigenvalue weighted by atomic mass is 9.88. The van der Waals surface area contributed by atoms with Crippen molar-refractivity contribution in [2.75, 3.05) is 31.9 Å². The molecule has 3 aliphatic rings. The molecular weight excluding hydrogens is 398 g/mol. The zero-order valence-corrected chi connectivity index (χ0v) is 19.2. The quantitative estimate of drug-likeness (QED) is 0.766. The van der Waals surface area contributed by atoms with Crippen LogP contribution < -0.4 is 5.73 Å². The van der Waals surface area contributed by atoms with E-state index < -0.39 is 0 Å². The van der Waals surface area contributed by atoms with E-state index in [9.17, 15) is 0 Å². The lowest BCUT2D eigenvalue weighted by Gasteiger charge is -2.35. The third-order valence-corrected chi connectivity index (χ3v) is 7.55. The van der Waals surface area contributed by atoms with E-state index in [0.29, 0.717) is 24.1 Å². The SMILES string of the molecule is Nc1cc(CN2CCC(OC3CCCN(C4CCCc5cnccc54)CC3)CC2)ccn1. The number of pyridine rings is 2. The van der Waals surface area contributed by atoms with E-state index in [1.165, 1.54) is 55.3 Å². The van der Waals surface area contributed by atoms with E-state index in [1.807, 2.05) is 12.3 Å². The molecule has 2 aromatic heterocycles. The molecule has 2 aliphatic heterocycles. The van der Waals surface area contributed by atoms with Crippen molar-refractivity contribution in [3.63, 3.8) is 0 Å². The third kappa shape index (κ3) is 5.30. The smallest absolute Gasteiger partial charge is 0.123 e. The molecule has 0 saturated carbocycles. The number of aryl methyl sites for hydroxylation is 1. The van der Waals surface area contributed by atoms with Crippen molar-refractivity contribution < 1.29 is 4.74 Å². The third-order valence-electron chi connectivity index (χ3n) is 7.55. The van der Waals surface area contributed by atoms with Gasteiger partial charge in [0.15, 0.2) is 0 Å². The molecule has 5 rings (SSSR count). The standard InChI is InChI=1S/C26H37N5O/c27-26-17-20(6-12-29-26)19-30-14-8-23(9-15-30)32-22-4-2-13-31(16-10-22)25-5-1-3-21-18-28-11-7-24(21)25/h6-7,11-12,17-18,22-23,25H,1-5,8-10,13-16,19H2,(H2,27,29). The van der Waals surface area contributed by atoms with Gasteiger partial charge in [0.25, 0.3) is 0 Å². The number of ether oxygens (including phenoxy) is 1. The number of piperidine rings is 1. The van der Waals surface area contributed by atoms with Crippen LogP contribution in [0.3, 0.4) is 0 Å². The largest absolute Gasteiger partial charge is 0.384 e. The number of aromatic nitrogens is 2. The first kappa shape index (κ1) is 21.8. The minimum Gasteiger partial charge on any atom is -0.384 e. The molecule has 32 heavy (non-hydrogen) atoms. The first-order chi connectivity index (χ1) is 15.7. The first-order valence-electron chi connectivity index (χ1n) is 12.5. The van der Waals surface area contributed by atoms with Gasteiger partial charge in [-0.25, -0.2) is 4.98 Å². The molecular formula is C26H37N5O. The van der Waals surface area contributed by atoms with E-state index in [1.54, 1.807) is 6.20 Å². The molecule has 1 aliphatic carbocycles. The number of fused-ring (bicyclic) bond motifs is 1. The highest BCUT2D eigenvalue weighted by Crippen LogP contribution is 2.35. The van der Waals surface area contributed by atoms with Crippen LogP contribution in [0.5, 0.6) is 0 Å². The van der Waals surface area contributed by atoms with Gasteiger partial charge in [0.1, 0.15) is 5.82 Å². The highest BCUT2D eigenvalue weighted by atomic mass is 16.5. The van der Waals surface area contributed by atoms with E-state index in [4.69, 9.17) is 10.5 Å². The lowest BCUT2D eigenvalue weighted by molar-refractivity contribution is -0.0486. The molecule has 172 valence electrons. The number of nitrogens with two attached hydrogens (primary N) is 1. The molecule has 2 atom stereocenters. The van der Waals surface area contributed by atoms with Gasteiger partial charge in [0.2, 0.25) is 0 Å². The van der Waals surface area contributed by atoms with Gasteiger partial charge in [-0.1, -0.05) is 0 Å². The normalized spacial score (nSPS) is 25.9. The lowest BCUT2D eigenvalue weighted by Crippen LogP contribution is -2.38. The molecule has 0 spiro atoms. The Bertz CT molecular complexity index is 882. The van der Waals surface area contributed by atoms with Crippen molar-refractivity contribution >= 4 is 5.82 Å². The van der Waals surface area contributed by atoms with Gasteiger partial charge in [-0.3, -0.25) is 14.8 Å². The predicted molar refractivity (Wildman–Crippen MR) is 127 cm³/mol. The number of rotatable bonds is 5. The van der Waals surface area contributed by atoms with Gasteiger partial charge in [0, 0.05) is 50.8 Å². The molecule has 2 aromatic rings. The second kappa shape index (κ2) is 10.3. The summed E-state index contributed by atoms with van der Waals surface area (Å²) in [5.74, 6) is 0.608. The van der Waals surface area contributed by atoms with Crippen molar-refractivity contribution in [2.45, 2.75) is 76.2 Å². The van der Waals surface area contributed by atoms with Crippen LogP contribution in [0.25, 0.3) is 0 Å². The zero-order chi connectivity index (χ0) is 21.8. The fraction of sp³-hybridized carbons (Fsp3) is 0.615. The molecule has 2 saturated heterocycles. The Labute approximate surface area is 192 Å². The molecule has 0 bridgehead atoms. The number of nitrogen functional groups attached to an aromatic ring is 1. The van der Waals surface area contributed by atoms with Crippen LogP contribution in [-0.2, 0) is 17.7 Å². The van der Waals surface area contributed by atoms with Gasteiger partial charge in [0.05, 0.1) is 12.2 Å². The number of hydrogen-bond donors (Lipinski definition) is 1. The first-order valence-corrected chi connectivity index (χ1v) is 12.5. The van der Waals surface area contributed by atoms with Crippen LogP contribution in [0, 0.1) is 0 Å². The van der Waals surface area contributed by atoms with E-state index in [-0.39, 0.29) is 0 Å². The maximum atomic E-state index is 6.64. The Hall–Kier alpha value is -2.02. The predicted octanol–water partition coefficient (Wildman–Crippen LogP) is 3.97. The summed E-state index contributed by atoms with van der Waals surface area (Å²) in [6.45, 7) is 5.49. The molecule has 2 fully saturated rings. The number of hydrogen-bond acceptors (Lipinski definition) is 6. The Morgan fingerprint density at radius 3 is 2.66 bits per heavy atom. The fourth-order valence-corrected chi connectivity index (χ4v) is 5.85. The summed E-state index contributed by atoms with van der Waals surface area (Å²) in [6, 6.07) is 6.89. The average molecular weight is 436 g/mol. The second-order valence-corrected chi connectivity index (χ2v) is 9.77. The van der Waals surface area contributed by atoms with Crippen LogP contribution in [0.15, 0.2) is 36.8 Å². The van der Waals surface area contributed by atoms with Crippen molar-refractivity contribution in [1.29, 1.82) is 0 Å².